The second kappa shape index (κ2) is 5.59. The molecule has 0 saturated heterocycles. The van der Waals surface area contributed by atoms with Crippen LogP contribution in [0.1, 0.15) is 11.1 Å². The molecule has 0 aliphatic carbocycles. The van der Waals surface area contributed by atoms with Gasteiger partial charge in [-0.15, -0.1) is 0 Å². The fraction of sp³-hybridized carbons (Fsp3) is 0.0952. The van der Waals surface area contributed by atoms with E-state index < -0.39 is 0 Å². The topological polar surface area (TPSA) is 0 Å². The van der Waals surface area contributed by atoms with Crippen LogP contribution in [-0.2, 0) is 0 Å². The largest absolute Gasteiger partial charge is 0.239 e. The minimum atomic E-state index is 0.784. The van der Waals surface area contributed by atoms with Crippen molar-refractivity contribution in [2.45, 2.75) is 13.8 Å². The van der Waals surface area contributed by atoms with Crippen molar-refractivity contribution in [1.82, 2.24) is 0 Å². The van der Waals surface area contributed by atoms with Crippen molar-refractivity contribution in [1.29, 1.82) is 0 Å². The van der Waals surface area contributed by atoms with Gasteiger partial charge in [-0.25, -0.2) is 0 Å². The summed E-state index contributed by atoms with van der Waals surface area (Å²) in [6.45, 7) is 4.32. The van der Waals surface area contributed by atoms with Gasteiger partial charge in [0, 0.05) is 33.5 Å². The maximum atomic E-state index is 6.30. The number of hydrogen-bond donors (Lipinski definition) is 0. The average molecular weight is 336 g/mol. The van der Waals surface area contributed by atoms with Gasteiger partial charge in [0.15, 0.2) is 0 Å². The lowest BCUT2D eigenvalue weighted by Crippen LogP contribution is -1.88. The molecule has 0 bridgehead atoms. The summed E-state index contributed by atoms with van der Waals surface area (Å²) < 4.78 is 2.57. The number of rotatable bonds is 1. The average Bonchev–Trinajstić information content (AvgIpc) is 2.55. The van der Waals surface area contributed by atoms with Crippen molar-refractivity contribution in [3.05, 3.63) is 76.8 Å². The molecule has 0 nitrogen and oxygen atoms in total. The highest BCUT2D eigenvalue weighted by atomic mass is 35.5. The quantitative estimate of drug-likeness (QED) is 0.253. The number of aryl methyl sites for hydroxylation is 2. The van der Waals surface area contributed by atoms with Gasteiger partial charge in [0.05, 0.1) is 0 Å². The van der Waals surface area contributed by atoms with E-state index in [0.717, 1.165) is 5.02 Å². The van der Waals surface area contributed by atoms with Gasteiger partial charge >= 0.3 is 0 Å². The summed E-state index contributed by atoms with van der Waals surface area (Å²) in [5.74, 6) is 0. The molecule has 0 spiro atoms. The minimum Gasteiger partial charge on any atom is -0.0843 e. The van der Waals surface area contributed by atoms with Gasteiger partial charge in [-0.1, -0.05) is 47.5 Å². The van der Waals surface area contributed by atoms with Crippen molar-refractivity contribution in [2.24, 2.45) is 0 Å². The van der Waals surface area contributed by atoms with Gasteiger partial charge < -0.3 is 0 Å². The van der Waals surface area contributed by atoms with Gasteiger partial charge in [0.2, 0.25) is 20.7 Å². The Morgan fingerprint density at radius 3 is 2.43 bits per heavy atom. The van der Waals surface area contributed by atoms with Crippen molar-refractivity contribution in [2.75, 3.05) is 0 Å². The monoisotopic (exact) mass is 335 g/mol. The lowest BCUT2D eigenvalue weighted by molar-refractivity contribution is 1.40. The van der Waals surface area contributed by atoms with Crippen LogP contribution in [0.2, 0.25) is 5.02 Å². The minimum absolute atomic E-state index is 0.784. The highest BCUT2D eigenvalue weighted by Crippen LogP contribution is 2.41. The summed E-state index contributed by atoms with van der Waals surface area (Å²) in [4.78, 5) is 0. The molecule has 112 valence electrons. The first-order chi connectivity index (χ1) is 11.1. The van der Waals surface area contributed by atoms with Crippen molar-refractivity contribution >= 4 is 43.1 Å². The van der Waals surface area contributed by atoms with Crippen LogP contribution in [0.3, 0.4) is 0 Å². The zero-order valence-electron chi connectivity index (χ0n) is 13.1. The molecule has 0 aliphatic heterocycles. The predicted octanol–water partition coefficient (Wildman–Crippen LogP) is 7.27. The van der Waals surface area contributed by atoms with Crippen LogP contribution in [0, 0.1) is 13.8 Å². The number of fused-ring (bicyclic) bond motifs is 2. The standard InChI is InChI=1S/C21H16ClS/c1-13-7-8-14(2)17(11-13)21-16-5-3-4-6-19(16)23-20-10-9-15(22)12-18(20)21/h3-12H,1-2H3/q+1. The first kappa shape index (κ1) is 14.6. The van der Waals surface area contributed by atoms with Crippen LogP contribution in [-0.4, -0.2) is 0 Å². The van der Waals surface area contributed by atoms with Crippen molar-refractivity contribution in [3.63, 3.8) is 0 Å². The molecular formula is C21H16ClS+. The third kappa shape index (κ3) is 2.50. The second-order valence-corrected chi connectivity index (χ2v) is 7.45. The van der Waals surface area contributed by atoms with Gasteiger partial charge in [-0.3, -0.25) is 0 Å². The molecule has 0 aliphatic rings. The predicted molar refractivity (Wildman–Crippen MR) is 104 cm³/mol. The van der Waals surface area contributed by atoms with E-state index in [2.05, 4.69) is 68.4 Å². The van der Waals surface area contributed by atoms with Crippen LogP contribution in [0.5, 0.6) is 0 Å². The van der Waals surface area contributed by atoms with Gasteiger partial charge in [-0.2, -0.15) is 0 Å². The van der Waals surface area contributed by atoms with Crippen molar-refractivity contribution in [3.8, 4) is 11.1 Å². The zero-order chi connectivity index (χ0) is 16.0. The Labute approximate surface area is 145 Å². The molecule has 0 unspecified atom stereocenters. The third-order valence-electron chi connectivity index (χ3n) is 4.25. The summed E-state index contributed by atoms with van der Waals surface area (Å²) in [5, 5.41) is 3.31. The lowest BCUT2D eigenvalue weighted by Gasteiger charge is -2.11. The molecule has 0 saturated carbocycles. The fourth-order valence-electron chi connectivity index (χ4n) is 3.11. The Hall–Kier alpha value is -1.96. The maximum Gasteiger partial charge on any atom is 0.239 e. The Morgan fingerprint density at radius 2 is 1.57 bits per heavy atom. The van der Waals surface area contributed by atoms with Crippen LogP contribution in [0.25, 0.3) is 31.3 Å². The van der Waals surface area contributed by atoms with Crippen LogP contribution in [0.4, 0.5) is 0 Å². The number of benzene rings is 3. The molecule has 0 fully saturated rings. The summed E-state index contributed by atoms with van der Waals surface area (Å²) in [5.41, 5.74) is 5.15. The lowest BCUT2D eigenvalue weighted by atomic mass is 9.94. The van der Waals surface area contributed by atoms with Crippen LogP contribution >= 0.6 is 22.9 Å². The van der Waals surface area contributed by atoms with Gasteiger partial charge in [0.1, 0.15) is 0 Å². The molecule has 4 aromatic rings. The molecule has 1 heterocycles. The van der Waals surface area contributed by atoms with Crippen LogP contribution < -0.4 is 0 Å². The van der Waals surface area contributed by atoms with E-state index in [0.29, 0.717) is 0 Å². The molecule has 4 rings (SSSR count). The van der Waals surface area contributed by atoms with E-state index in [4.69, 9.17) is 11.6 Å². The molecule has 3 aromatic carbocycles. The third-order valence-corrected chi connectivity index (χ3v) is 5.64. The molecule has 1 aromatic heterocycles. The molecule has 23 heavy (non-hydrogen) atoms. The summed E-state index contributed by atoms with van der Waals surface area (Å²) >= 11 is 8.13. The van der Waals surface area contributed by atoms with Crippen molar-refractivity contribution < 1.29 is 0 Å². The van der Waals surface area contributed by atoms with E-state index >= 15 is 0 Å². The first-order valence-electron chi connectivity index (χ1n) is 7.65. The Balaban J connectivity index is 2.25. The molecule has 0 atom stereocenters. The van der Waals surface area contributed by atoms with Crippen LogP contribution in [0.15, 0.2) is 60.7 Å². The number of halogens is 1. The molecule has 0 radical (unpaired) electrons. The molecule has 0 N–H and O–H groups in total. The Bertz CT molecular complexity index is 1050. The maximum absolute atomic E-state index is 6.30. The summed E-state index contributed by atoms with van der Waals surface area (Å²) in [6.07, 6.45) is 0. The zero-order valence-corrected chi connectivity index (χ0v) is 14.6. The Kier molecular flexibility index (Phi) is 3.56. The first-order valence-corrected chi connectivity index (χ1v) is 8.85. The van der Waals surface area contributed by atoms with Gasteiger partial charge in [-0.05, 0) is 43.2 Å². The van der Waals surface area contributed by atoms with Gasteiger partial charge in [0.25, 0.3) is 0 Å². The van der Waals surface area contributed by atoms with E-state index in [-0.39, 0.29) is 0 Å². The summed E-state index contributed by atoms with van der Waals surface area (Å²) in [6, 6.07) is 21.5. The molecular weight excluding hydrogens is 320 g/mol. The second-order valence-electron chi connectivity index (χ2n) is 5.93. The number of hydrogen-bond acceptors (Lipinski definition) is 0. The molecule has 0 amide bonds. The van der Waals surface area contributed by atoms with E-state index in [1.54, 1.807) is 0 Å². The fourth-order valence-corrected chi connectivity index (χ4v) is 4.35. The Morgan fingerprint density at radius 1 is 0.783 bits per heavy atom. The highest BCUT2D eigenvalue weighted by molar-refractivity contribution is 7.24. The molecule has 2 heteroatoms. The summed E-state index contributed by atoms with van der Waals surface area (Å²) in [7, 11) is 0. The normalized spacial score (nSPS) is 11.3. The van der Waals surface area contributed by atoms with E-state index in [9.17, 15) is 0 Å². The smallest absolute Gasteiger partial charge is 0.0843 e. The van der Waals surface area contributed by atoms with E-state index in [1.165, 1.54) is 42.4 Å². The van der Waals surface area contributed by atoms with E-state index in [1.807, 2.05) is 17.4 Å². The SMILES string of the molecule is Cc1ccc(C)c(-c2c3ccccc3[s+]c3ccc(Cl)cc23)c1. The highest BCUT2D eigenvalue weighted by Gasteiger charge is 2.19.